The molecule has 0 aliphatic carbocycles. The molecule has 0 bridgehead atoms. The number of carbonyl (C=O) groups excluding carboxylic acids is 1. The molecule has 3 aromatic rings. The Balaban J connectivity index is 1.78. The van der Waals surface area contributed by atoms with Gasteiger partial charge < -0.3 is 5.32 Å². The van der Waals surface area contributed by atoms with Crippen LogP contribution in [0.4, 0.5) is 5.69 Å². The van der Waals surface area contributed by atoms with Crippen molar-refractivity contribution in [3.05, 3.63) is 63.8 Å². The maximum Gasteiger partial charge on any atom is 0.275 e. The molecule has 2 heterocycles. The highest BCUT2D eigenvalue weighted by Gasteiger charge is 2.12. The number of halogens is 1. The van der Waals surface area contributed by atoms with Crippen molar-refractivity contribution in [2.24, 2.45) is 0 Å². The number of anilines is 1. The molecule has 22 heavy (non-hydrogen) atoms. The molecule has 0 saturated carbocycles. The van der Waals surface area contributed by atoms with Crippen molar-refractivity contribution < 1.29 is 4.79 Å². The van der Waals surface area contributed by atoms with Crippen molar-refractivity contribution in [1.82, 2.24) is 9.97 Å². The van der Waals surface area contributed by atoms with Crippen LogP contribution in [0.3, 0.4) is 0 Å². The standard InChI is InChI=1S/C16H12BrN3OS/c1-10-4-5-12(7-13(10)17)19-15(21)14-9-22-16(20-14)11-3-2-6-18-8-11/h2-9H,1H3,(H,19,21). The van der Waals surface area contributed by atoms with Gasteiger partial charge in [-0.05, 0) is 36.8 Å². The number of nitrogens with one attached hydrogen (secondary N) is 1. The van der Waals surface area contributed by atoms with Crippen molar-refractivity contribution in [1.29, 1.82) is 0 Å². The summed E-state index contributed by atoms with van der Waals surface area (Å²) in [5, 5.41) is 5.38. The van der Waals surface area contributed by atoms with Gasteiger partial charge in [0.15, 0.2) is 0 Å². The van der Waals surface area contributed by atoms with Crippen LogP contribution in [0, 0.1) is 6.92 Å². The minimum absolute atomic E-state index is 0.220. The van der Waals surface area contributed by atoms with Gasteiger partial charge in [-0.2, -0.15) is 0 Å². The SMILES string of the molecule is Cc1ccc(NC(=O)c2csc(-c3cccnc3)n2)cc1Br. The molecule has 0 aliphatic heterocycles. The molecule has 1 amide bonds. The number of pyridine rings is 1. The summed E-state index contributed by atoms with van der Waals surface area (Å²) in [6.45, 7) is 2.00. The summed E-state index contributed by atoms with van der Waals surface area (Å²) in [4.78, 5) is 20.7. The van der Waals surface area contributed by atoms with E-state index in [4.69, 9.17) is 0 Å². The molecule has 1 aromatic carbocycles. The number of benzene rings is 1. The molecule has 0 radical (unpaired) electrons. The van der Waals surface area contributed by atoms with Crippen molar-refractivity contribution in [2.45, 2.75) is 6.92 Å². The highest BCUT2D eigenvalue weighted by Crippen LogP contribution is 2.24. The fourth-order valence-electron chi connectivity index (χ4n) is 1.87. The van der Waals surface area contributed by atoms with E-state index in [2.05, 4.69) is 31.2 Å². The Morgan fingerprint density at radius 1 is 1.32 bits per heavy atom. The quantitative estimate of drug-likeness (QED) is 0.733. The number of thiazole rings is 1. The molecule has 0 fully saturated rings. The van der Waals surface area contributed by atoms with E-state index in [0.29, 0.717) is 5.69 Å². The smallest absolute Gasteiger partial charge is 0.275 e. The van der Waals surface area contributed by atoms with Crippen molar-refractivity contribution >= 4 is 38.9 Å². The molecule has 0 aliphatic rings. The van der Waals surface area contributed by atoms with Gasteiger partial charge >= 0.3 is 0 Å². The first-order valence-corrected chi connectivity index (χ1v) is 8.24. The molecule has 0 unspecified atom stereocenters. The Labute approximate surface area is 140 Å². The normalized spacial score (nSPS) is 10.5. The Kier molecular flexibility index (Phi) is 4.31. The molecular formula is C16H12BrN3OS. The summed E-state index contributed by atoms with van der Waals surface area (Å²) in [5.41, 5.74) is 3.16. The summed E-state index contributed by atoms with van der Waals surface area (Å²) in [5.74, 6) is -0.220. The third-order valence-electron chi connectivity index (χ3n) is 3.08. The Morgan fingerprint density at radius 2 is 2.18 bits per heavy atom. The van der Waals surface area contributed by atoms with Crippen LogP contribution in [-0.2, 0) is 0 Å². The molecule has 4 nitrogen and oxygen atoms in total. The van der Waals surface area contributed by atoms with Crippen LogP contribution in [0.1, 0.15) is 16.1 Å². The maximum absolute atomic E-state index is 12.3. The van der Waals surface area contributed by atoms with Crippen LogP contribution < -0.4 is 5.32 Å². The van der Waals surface area contributed by atoms with E-state index in [1.54, 1.807) is 17.8 Å². The van der Waals surface area contributed by atoms with E-state index >= 15 is 0 Å². The van der Waals surface area contributed by atoms with E-state index < -0.39 is 0 Å². The van der Waals surface area contributed by atoms with Crippen LogP contribution in [0.25, 0.3) is 10.6 Å². The van der Waals surface area contributed by atoms with Gasteiger partial charge in [-0.3, -0.25) is 9.78 Å². The summed E-state index contributed by atoms with van der Waals surface area (Å²) >= 11 is 4.88. The fraction of sp³-hybridized carbons (Fsp3) is 0.0625. The van der Waals surface area contributed by atoms with E-state index in [-0.39, 0.29) is 5.91 Å². The van der Waals surface area contributed by atoms with Gasteiger partial charge in [0.25, 0.3) is 5.91 Å². The Hall–Kier alpha value is -2.05. The molecule has 3 rings (SSSR count). The number of carbonyl (C=O) groups is 1. The Bertz CT molecular complexity index is 817. The highest BCUT2D eigenvalue weighted by molar-refractivity contribution is 9.10. The average molecular weight is 374 g/mol. The number of hydrogen-bond acceptors (Lipinski definition) is 4. The lowest BCUT2D eigenvalue weighted by molar-refractivity contribution is 0.102. The van der Waals surface area contributed by atoms with Gasteiger partial charge in [0.1, 0.15) is 10.7 Å². The summed E-state index contributed by atoms with van der Waals surface area (Å²) < 4.78 is 0.958. The van der Waals surface area contributed by atoms with Crippen LogP contribution in [0.2, 0.25) is 0 Å². The van der Waals surface area contributed by atoms with Crippen LogP contribution >= 0.6 is 27.3 Å². The maximum atomic E-state index is 12.3. The van der Waals surface area contributed by atoms with Gasteiger partial charge in [-0.15, -0.1) is 11.3 Å². The zero-order valence-corrected chi connectivity index (χ0v) is 14.1. The predicted molar refractivity (Wildman–Crippen MR) is 92.2 cm³/mol. The second-order valence-corrected chi connectivity index (χ2v) is 6.41. The number of amides is 1. The number of aryl methyl sites for hydroxylation is 1. The monoisotopic (exact) mass is 373 g/mol. The third kappa shape index (κ3) is 3.23. The topological polar surface area (TPSA) is 54.9 Å². The molecule has 6 heteroatoms. The summed E-state index contributed by atoms with van der Waals surface area (Å²) in [6.07, 6.45) is 3.44. The largest absolute Gasteiger partial charge is 0.321 e. The lowest BCUT2D eigenvalue weighted by atomic mass is 10.2. The first-order chi connectivity index (χ1) is 10.6. The summed E-state index contributed by atoms with van der Waals surface area (Å²) in [6, 6.07) is 9.46. The predicted octanol–water partition coefficient (Wildman–Crippen LogP) is 4.53. The molecule has 0 atom stereocenters. The van der Waals surface area contributed by atoms with Crippen molar-refractivity contribution in [3.63, 3.8) is 0 Å². The molecule has 1 N–H and O–H groups in total. The van der Waals surface area contributed by atoms with Gasteiger partial charge in [0, 0.05) is 33.5 Å². The molecule has 2 aromatic heterocycles. The molecule has 0 saturated heterocycles. The zero-order valence-electron chi connectivity index (χ0n) is 11.7. The second kappa shape index (κ2) is 6.37. The molecule has 110 valence electrons. The van der Waals surface area contributed by atoms with E-state index in [1.807, 2.05) is 37.3 Å². The average Bonchev–Trinajstić information content (AvgIpc) is 3.02. The third-order valence-corrected chi connectivity index (χ3v) is 4.82. The van der Waals surface area contributed by atoms with E-state index in [9.17, 15) is 4.79 Å². The minimum Gasteiger partial charge on any atom is -0.321 e. The lowest BCUT2D eigenvalue weighted by Gasteiger charge is -2.05. The van der Waals surface area contributed by atoms with Crippen LogP contribution in [-0.4, -0.2) is 15.9 Å². The van der Waals surface area contributed by atoms with E-state index in [1.165, 1.54) is 11.3 Å². The number of nitrogens with zero attached hydrogens (tertiary/aromatic N) is 2. The minimum atomic E-state index is -0.220. The lowest BCUT2D eigenvalue weighted by Crippen LogP contribution is -2.12. The Morgan fingerprint density at radius 3 is 2.91 bits per heavy atom. The van der Waals surface area contributed by atoms with Crippen LogP contribution in [0.5, 0.6) is 0 Å². The van der Waals surface area contributed by atoms with Gasteiger partial charge in [0.05, 0.1) is 0 Å². The first-order valence-electron chi connectivity index (χ1n) is 6.57. The van der Waals surface area contributed by atoms with Gasteiger partial charge in [0.2, 0.25) is 0 Å². The second-order valence-electron chi connectivity index (χ2n) is 4.70. The highest BCUT2D eigenvalue weighted by atomic mass is 79.9. The number of hydrogen-bond donors (Lipinski definition) is 1. The summed E-state index contributed by atoms with van der Waals surface area (Å²) in [7, 11) is 0. The van der Waals surface area contributed by atoms with Crippen molar-refractivity contribution in [2.75, 3.05) is 5.32 Å². The number of rotatable bonds is 3. The van der Waals surface area contributed by atoms with Crippen molar-refractivity contribution in [3.8, 4) is 10.6 Å². The molecule has 0 spiro atoms. The van der Waals surface area contributed by atoms with Gasteiger partial charge in [-0.25, -0.2) is 4.98 Å². The first kappa shape index (κ1) is 14.9. The fourth-order valence-corrected chi connectivity index (χ4v) is 3.04. The zero-order chi connectivity index (χ0) is 15.5. The van der Waals surface area contributed by atoms with E-state index in [0.717, 1.165) is 26.3 Å². The molecular weight excluding hydrogens is 362 g/mol. The number of aromatic nitrogens is 2. The van der Waals surface area contributed by atoms with Gasteiger partial charge in [-0.1, -0.05) is 22.0 Å². The van der Waals surface area contributed by atoms with Crippen LogP contribution in [0.15, 0.2) is 52.6 Å².